The molecule has 1 aliphatic carbocycles. The van der Waals surface area contributed by atoms with Crippen LogP contribution in [-0.2, 0) is 19.3 Å². The Bertz CT molecular complexity index is 3220. The van der Waals surface area contributed by atoms with Crippen LogP contribution in [0.15, 0.2) is 76.7 Å². The Hall–Kier alpha value is -6.22. The lowest BCUT2D eigenvalue weighted by molar-refractivity contribution is -0.384. The second-order valence-corrected chi connectivity index (χ2v) is 25.4. The smallest absolute Gasteiger partial charge is 0.297 e. The molecule has 4 atom stereocenters. The summed E-state index contributed by atoms with van der Waals surface area (Å²) >= 11 is 0. The van der Waals surface area contributed by atoms with Crippen LogP contribution in [0.25, 0.3) is 11.0 Å². The van der Waals surface area contributed by atoms with Crippen LogP contribution in [0.4, 0.5) is 32.8 Å². The Morgan fingerprint density at radius 1 is 0.935 bits per heavy atom. The SMILES string of the molecule is CC(C)Oc1ccccc1[C@@H]1CCC(C)(C)CCN1C1CC2(CCN(c3ccc(C(N)=O)c(N4c5cc6cc[nH]c6nc5O[C@H]5COCC[C@@H]54)c3S(=O)(=O)c3cc4c(c([N+](=O)[O-])c3)N[C@H](C3(F)CCOCC3)CO4)CC2)C1. The van der Waals surface area contributed by atoms with E-state index in [-0.39, 0.29) is 95.7 Å². The number of nitro groups is 1. The van der Waals surface area contributed by atoms with Crippen molar-refractivity contribution < 1.29 is 46.2 Å². The Morgan fingerprint density at radius 3 is 2.47 bits per heavy atom. The van der Waals surface area contributed by atoms with Gasteiger partial charge in [0.05, 0.1) is 51.6 Å². The van der Waals surface area contributed by atoms with Crippen LogP contribution in [0, 0.1) is 20.9 Å². The number of alkyl halides is 1. The molecule has 12 rings (SSSR count). The van der Waals surface area contributed by atoms with Gasteiger partial charge in [-0.15, -0.1) is 0 Å². The monoisotopic (exact) mass is 1080 g/mol. The molecule has 4 saturated heterocycles. The first-order valence-electron chi connectivity index (χ1n) is 27.4. The topological polar surface area (TPSA) is 217 Å². The van der Waals surface area contributed by atoms with Gasteiger partial charge in [-0.2, -0.15) is 4.98 Å². The number of carbonyl (C=O) groups is 1. The van der Waals surface area contributed by atoms with Crippen LogP contribution < -0.4 is 35.1 Å². The van der Waals surface area contributed by atoms with Gasteiger partial charge in [0.15, 0.2) is 11.4 Å². The normalized spacial score (nSPS) is 25.1. The molecule has 8 heterocycles. The number of hydrogen-bond acceptors (Lipinski definition) is 15. The zero-order valence-corrected chi connectivity index (χ0v) is 45.0. The van der Waals surface area contributed by atoms with Crippen molar-refractivity contribution in [1.82, 2.24) is 14.9 Å². The summed E-state index contributed by atoms with van der Waals surface area (Å²) in [6, 6.07) is 16.8. The maximum absolute atomic E-state index is 16.4. The summed E-state index contributed by atoms with van der Waals surface area (Å²) in [6.07, 6.45) is 8.50. The van der Waals surface area contributed by atoms with Gasteiger partial charge in [0.25, 0.3) is 11.6 Å². The average molecular weight is 1080 g/mol. The number of amides is 1. The van der Waals surface area contributed by atoms with Gasteiger partial charge >= 0.3 is 0 Å². The van der Waals surface area contributed by atoms with Gasteiger partial charge < -0.3 is 49.5 Å². The molecule has 1 saturated carbocycles. The Labute approximate surface area is 448 Å². The van der Waals surface area contributed by atoms with Crippen molar-refractivity contribution in [3.05, 3.63) is 88.1 Å². The minimum atomic E-state index is -4.87. The first kappa shape index (κ1) is 51.5. The lowest BCUT2D eigenvalue weighted by Gasteiger charge is -2.57. The van der Waals surface area contributed by atoms with E-state index in [0.717, 1.165) is 68.7 Å². The third-order valence-electron chi connectivity index (χ3n) is 17.9. The van der Waals surface area contributed by atoms with Crippen molar-refractivity contribution in [2.75, 3.05) is 67.8 Å². The van der Waals surface area contributed by atoms with Gasteiger partial charge in [0, 0.05) is 87.1 Å². The summed E-state index contributed by atoms with van der Waals surface area (Å²) in [6.45, 7) is 11.5. The predicted molar refractivity (Wildman–Crippen MR) is 288 cm³/mol. The highest BCUT2D eigenvalue weighted by molar-refractivity contribution is 7.91. The Kier molecular flexibility index (Phi) is 13.1. The minimum absolute atomic E-state index is 0.0206. The molecule has 0 bridgehead atoms. The molecule has 4 N–H and O–H groups in total. The molecule has 18 nitrogen and oxygen atoms in total. The van der Waals surface area contributed by atoms with Gasteiger partial charge in [0.2, 0.25) is 15.7 Å². The molecular weight excluding hydrogens is 1010 g/mol. The molecule has 5 fully saturated rings. The van der Waals surface area contributed by atoms with Gasteiger partial charge in [-0.3, -0.25) is 19.8 Å². The van der Waals surface area contributed by atoms with Crippen LogP contribution in [0.3, 0.4) is 0 Å². The molecule has 7 aliphatic rings. The number of hydrogen-bond donors (Lipinski definition) is 3. The van der Waals surface area contributed by atoms with Gasteiger partial charge in [-0.25, -0.2) is 12.8 Å². The molecule has 2 aromatic heterocycles. The van der Waals surface area contributed by atoms with Crippen LogP contribution in [0.1, 0.15) is 114 Å². The number of anilines is 4. The van der Waals surface area contributed by atoms with E-state index in [0.29, 0.717) is 49.2 Å². The van der Waals surface area contributed by atoms with Crippen molar-refractivity contribution in [3.8, 4) is 17.4 Å². The van der Waals surface area contributed by atoms with Crippen LogP contribution in [0.2, 0.25) is 0 Å². The fraction of sp³-hybridized carbons (Fsp3) is 0.544. The molecule has 3 aromatic carbocycles. The van der Waals surface area contributed by atoms with Crippen molar-refractivity contribution >= 4 is 55.2 Å². The van der Waals surface area contributed by atoms with Crippen LogP contribution >= 0.6 is 0 Å². The lowest BCUT2D eigenvalue weighted by Crippen LogP contribution is -2.56. The largest absolute Gasteiger partial charge is 0.491 e. The van der Waals surface area contributed by atoms with E-state index in [1.165, 1.54) is 11.6 Å². The number of ether oxygens (including phenoxy) is 5. The number of fused-ring (bicyclic) bond motifs is 4. The first-order valence-corrected chi connectivity index (χ1v) is 28.9. The number of carbonyl (C=O) groups excluding carboxylic acids is 1. The van der Waals surface area contributed by atoms with Gasteiger partial charge in [-0.05, 0) is 113 Å². The molecule has 5 aromatic rings. The summed E-state index contributed by atoms with van der Waals surface area (Å²) in [4.78, 5) is 40.4. The molecule has 1 spiro atoms. The zero-order valence-electron chi connectivity index (χ0n) is 44.2. The molecule has 20 heteroatoms. The standard InChI is InChI=1S/C57H69FN8O10S/c1-34(2)75-45-8-6-5-7-38(45)40-11-14-55(3,4)15-23-64(40)36-30-56(31-36)16-21-63(22-17-56)42-10-9-39(52(59)67)50(65-41-13-24-73-32-47(41)76-54-44(65)27-35-12-20-60-53(35)62-54)51(42)77(70,71)37-28-43(66(68)69)49-46(29-37)74-33-48(61-49)57(58)18-25-72-26-19-57/h5-10,12,20,27-29,34,36,40-41,47-48,61H,11,13-19,21-26,30-33H2,1-4H3,(H2,59,67)(H,60,62)/t40-,41-,47-,48-/m0/s1. The highest BCUT2D eigenvalue weighted by Crippen LogP contribution is 2.57. The first-order chi connectivity index (χ1) is 36.9. The maximum atomic E-state index is 16.4. The quantitative estimate of drug-likeness (QED) is 0.0829. The zero-order chi connectivity index (χ0) is 53.6. The fourth-order valence-corrected chi connectivity index (χ4v) is 15.2. The predicted octanol–water partition coefficient (Wildman–Crippen LogP) is 9.57. The second kappa shape index (κ2) is 19.6. The molecule has 410 valence electrons. The van der Waals surface area contributed by atoms with E-state index in [4.69, 9.17) is 34.4 Å². The third kappa shape index (κ3) is 9.29. The number of nitro benzene ring substituents is 1. The second-order valence-electron chi connectivity index (χ2n) is 23.6. The number of benzene rings is 3. The number of piperidine rings is 1. The summed E-state index contributed by atoms with van der Waals surface area (Å²) in [5.74, 6) is 0.169. The van der Waals surface area contributed by atoms with E-state index in [1.807, 2.05) is 23.1 Å². The van der Waals surface area contributed by atoms with Crippen LogP contribution in [0.5, 0.6) is 17.4 Å². The number of likely N-dealkylation sites (tertiary alicyclic amines) is 1. The van der Waals surface area contributed by atoms with Crippen LogP contribution in [-0.4, -0.2) is 123 Å². The van der Waals surface area contributed by atoms with Crippen molar-refractivity contribution in [2.24, 2.45) is 16.6 Å². The molecule has 77 heavy (non-hydrogen) atoms. The molecule has 1 amide bonds. The molecule has 0 unspecified atom stereocenters. The number of primary amides is 1. The summed E-state index contributed by atoms with van der Waals surface area (Å²) in [7, 11) is -4.87. The average Bonchev–Trinajstić information content (AvgIpc) is 3.93. The molecular formula is C57H69FN8O10S. The molecule has 0 radical (unpaired) electrons. The van der Waals surface area contributed by atoms with Crippen molar-refractivity contribution in [3.63, 3.8) is 0 Å². The Balaban J connectivity index is 0.940. The summed E-state index contributed by atoms with van der Waals surface area (Å²) in [5, 5.41) is 16.8. The number of nitrogens with zero attached hydrogens (tertiary/aromatic N) is 5. The minimum Gasteiger partial charge on any atom is -0.491 e. The fourth-order valence-electron chi connectivity index (χ4n) is 13.5. The third-order valence-corrected chi connectivity index (χ3v) is 19.7. The van der Waals surface area contributed by atoms with E-state index < -0.39 is 55.1 Å². The number of nitrogens with one attached hydrogen (secondary N) is 2. The maximum Gasteiger partial charge on any atom is 0.297 e. The van der Waals surface area contributed by atoms with E-state index in [1.54, 1.807) is 18.3 Å². The van der Waals surface area contributed by atoms with E-state index >= 15 is 12.8 Å². The van der Waals surface area contributed by atoms with Crippen molar-refractivity contribution in [1.29, 1.82) is 0 Å². The highest BCUT2D eigenvalue weighted by Gasteiger charge is 2.52. The Morgan fingerprint density at radius 2 is 1.71 bits per heavy atom. The van der Waals surface area contributed by atoms with E-state index in [2.05, 4.69) is 66.0 Å². The van der Waals surface area contributed by atoms with Gasteiger partial charge in [0.1, 0.15) is 40.4 Å². The number of sulfone groups is 1. The van der Waals surface area contributed by atoms with E-state index in [9.17, 15) is 14.9 Å². The van der Waals surface area contributed by atoms with Crippen molar-refractivity contribution in [2.45, 2.75) is 144 Å². The number of para-hydroxylation sites is 1. The van der Waals surface area contributed by atoms with Gasteiger partial charge in [-0.1, -0.05) is 32.0 Å². The highest BCUT2D eigenvalue weighted by atomic mass is 32.2. The number of nitrogens with two attached hydrogens (primary N) is 1. The number of halogens is 1. The summed E-state index contributed by atoms with van der Waals surface area (Å²) in [5.41, 5.74) is 6.55. The summed E-state index contributed by atoms with van der Waals surface area (Å²) < 4.78 is 79.3. The number of rotatable bonds is 11. The molecule has 6 aliphatic heterocycles. The number of pyridine rings is 1. The number of aromatic amines is 1. The number of H-pyrrole nitrogens is 1. The lowest BCUT2D eigenvalue weighted by atomic mass is 9.59. The number of aromatic nitrogens is 2.